The van der Waals surface area contributed by atoms with Crippen LogP contribution < -0.4 is 5.32 Å². The Morgan fingerprint density at radius 2 is 1.41 bits per heavy atom. The van der Waals surface area contributed by atoms with Crippen molar-refractivity contribution in [3.8, 4) is 11.1 Å². The largest absolute Gasteiger partial charge is 0.322 e. The molecule has 6 nitrogen and oxygen atoms in total. The van der Waals surface area contributed by atoms with Crippen LogP contribution in [-0.4, -0.2) is 22.4 Å². The van der Waals surface area contributed by atoms with Gasteiger partial charge in [0.2, 0.25) is 0 Å². The summed E-state index contributed by atoms with van der Waals surface area (Å²) in [5.41, 5.74) is 3.62. The van der Waals surface area contributed by atoms with E-state index in [9.17, 15) is 19.7 Å². The third-order valence-corrected chi connectivity index (χ3v) is 6.11. The summed E-state index contributed by atoms with van der Waals surface area (Å²) in [6, 6.07) is 30.2. The number of nitro groups is 1. The van der Waals surface area contributed by atoms with Crippen molar-refractivity contribution < 1.29 is 14.5 Å². The zero-order valence-electron chi connectivity index (χ0n) is 18.0. The molecule has 1 N–H and O–H groups in total. The third kappa shape index (κ3) is 5.76. The van der Waals surface area contributed by atoms with Crippen LogP contribution in [0.1, 0.15) is 20.7 Å². The number of anilines is 1. The van der Waals surface area contributed by atoms with Crippen LogP contribution in [0.15, 0.2) is 108 Å². The lowest BCUT2D eigenvalue weighted by Gasteiger charge is -2.08. The second-order valence-electron chi connectivity index (χ2n) is 7.44. The number of amides is 1. The molecular weight excluding hydrogens is 448 g/mol. The van der Waals surface area contributed by atoms with E-state index < -0.39 is 4.92 Å². The maximum absolute atomic E-state index is 12.7. The van der Waals surface area contributed by atoms with Crippen molar-refractivity contribution in [2.24, 2.45) is 0 Å². The molecule has 0 fully saturated rings. The lowest BCUT2D eigenvalue weighted by Crippen LogP contribution is -2.11. The molecule has 0 saturated heterocycles. The lowest BCUT2D eigenvalue weighted by atomic mass is 10.0. The highest BCUT2D eigenvalue weighted by Crippen LogP contribution is 2.24. The highest BCUT2D eigenvalue weighted by atomic mass is 32.2. The van der Waals surface area contributed by atoms with Gasteiger partial charge in [-0.2, -0.15) is 0 Å². The summed E-state index contributed by atoms with van der Waals surface area (Å²) in [6.45, 7) is 0. The Hall–Kier alpha value is -4.23. The van der Waals surface area contributed by atoms with Crippen molar-refractivity contribution in [3.05, 3.63) is 124 Å². The number of ketones is 1. The first-order valence-corrected chi connectivity index (χ1v) is 11.5. The van der Waals surface area contributed by atoms with Gasteiger partial charge in [0.05, 0.1) is 10.7 Å². The fourth-order valence-corrected chi connectivity index (χ4v) is 4.16. The maximum Gasteiger partial charge on any atom is 0.269 e. The highest BCUT2D eigenvalue weighted by molar-refractivity contribution is 8.00. The topological polar surface area (TPSA) is 89.3 Å². The molecule has 0 unspecified atom stereocenters. The second-order valence-corrected chi connectivity index (χ2v) is 8.49. The van der Waals surface area contributed by atoms with Crippen molar-refractivity contribution in [1.82, 2.24) is 0 Å². The van der Waals surface area contributed by atoms with Crippen LogP contribution >= 0.6 is 11.8 Å². The molecule has 0 spiro atoms. The summed E-state index contributed by atoms with van der Waals surface area (Å²) < 4.78 is 0. The van der Waals surface area contributed by atoms with Gasteiger partial charge in [-0.3, -0.25) is 19.7 Å². The maximum atomic E-state index is 12.7. The average Bonchev–Trinajstić information content (AvgIpc) is 2.88. The fraction of sp³-hybridized carbons (Fsp3) is 0.0370. The number of nitrogens with one attached hydrogen (secondary N) is 1. The zero-order valence-corrected chi connectivity index (χ0v) is 18.8. The van der Waals surface area contributed by atoms with E-state index in [1.807, 2.05) is 60.7 Å². The van der Waals surface area contributed by atoms with Gasteiger partial charge < -0.3 is 5.32 Å². The normalized spacial score (nSPS) is 10.5. The van der Waals surface area contributed by atoms with Crippen molar-refractivity contribution in [2.75, 3.05) is 11.1 Å². The Morgan fingerprint density at radius 3 is 2.09 bits per heavy atom. The summed E-state index contributed by atoms with van der Waals surface area (Å²) in [7, 11) is 0. The molecule has 4 rings (SSSR count). The molecule has 0 heterocycles. The second kappa shape index (κ2) is 10.6. The molecule has 4 aromatic carbocycles. The minimum atomic E-state index is -0.513. The number of nitrogens with zero attached hydrogens (tertiary/aromatic N) is 1. The smallest absolute Gasteiger partial charge is 0.269 e. The van der Waals surface area contributed by atoms with Crippen LogP contribution in [0, 0.1) is 10.1 Å². The number of hydrogen-bond donors (Lipinski definition) is 1. The number of benzene rings is 4. The van der Waals surface area contributed by atoms with Gasteiger partial charge >= 0.3 is 0 Å². The Labute approximate surface area is 200 Å². The van der Waals surface area contributed by atoms with E-state index in [4.69, 9.17) is 0 Å². The molecule has 0 atom stereocenters. The van der Waals surface area contributed by atoms with Gasteiger partial charge in [-0.1, -0.05) is 60.7 Å². The quantitative estimate of drug-likeness (QED) is 0.138. The summed E-state index contributed by atoms with van der Waals surface area (Å²) >= 11 is 1.39. The molecular formula is C27H20N2O4S. The molecule has 1 amide bonds. The minimum absolute atomic E-state index is 0.0185. The van der Waals surface area contributed by atoms with Crippen LogP contribution in [0.25, 0.3) is 11.1 Å². The number of non-ortho nitro benzene ring substituents is 1. The molecule has 168 valence electrons. The third-order valence-electron chi connectivity index (χ3n) is 5.12. The molecule has 0 aromatic heterocycles. The van der Waals surface area contributed by atoms with Gasteiger partial charge in [-0.05, 0) is 41.5 Å². The van der Waals surface area contributed by atoms with Crippen LogP contribution in [0.4, 0.5) is 11.4 Å². The molecule has 0 bridgehead atoms. The predicted octanol–water partition coefficient (Wildman–Crippen LogP) is 6.49. The highest BCUT2D eigenvalue weighted by Gasteiger charge is 2.11. The van der Waals surface area contributed by atoms with E-state index >= 15 is 0 Å². The van der Waals surface area contributed by atoms with Crippen LogP contribution in [0.5, 0.6) is 0 Å². The number of nitro benzene ring substituents is 1. The van der Waals surface area contributed by atoms with E-state index in [1.165, 1.54) is 36.0 Å². The van der Waals surface area contributed by atoms with Crippen molar-refractivity contribution in [3.63, 3.8) is 0 Å². The molecule has 34 heavy (non-hydrogen) atoms. The molecule has 0 aliphatic carbocycles. The Kier molecular flexibility index (Phi) is 7.15. The van der Waals surface area contributed by atoms with Crippen LogP contribution in [-0.2, 0) is 0 Å². The summed E-state index contributed by atoms with van der Waals surface area (Å²) in [5.74, 6) is -0.0821. The monoisotopic (exact) mass is 468 g/mol. The van der Waals surface area contributed by atoms with E-state index in [-0.39, 0.29) is 23.1 Å². The lowest BCUT2D eigenvalue weighted by molar-refractivity contribution is -0.384. The average molecular weight is 469 g/mol. The number of carbonyl (C=O) groups is 2. The SMILES string of the molecule is O=C(CSc1cccc(NC(=O)c2ccc([N+](=O)[O-])cc2)c1)c1ccc(-c2ccccc2)cc1. The number of hydrogen-bond acceptors (Lipinski definition) is 5. The van der Waals surface area contributed by atoms with Gasteiger partial charge in [0, 0.05) is 33.8 Å². The van der Waals surface area contributed by atoms with Gasteiger partial charge in [-0.25, -0.2) is 0 Å². The van der Waals surface area contributed by atoms with Gasteiger partial charge in [-0.15, -0.1) is 11.8 Å². The standard InChI is InChI=1S/C27H20N2O4S/c30-26(21-11-9-20(10-12-21)19-5-2-1-3-6-19)18-34-25-8-4-7-23(17-25)28-27(31)22-13-15-24(16-14-22)29(32)33/h1-17H,18H2,(H,28,31). The first-order chi connectivity index (χ1) is 16.5. The summed E-state index contributed by atoms with van der Waals surface area (Å²) in [6.07, 6.45) is 0. The van der Waals surface area contributed by atoms with Crippen LogP contribution in [0.2, 0.25) is 0 Å². The molecule has 4 aromatic rings. The zero-order chi connectivity index (χ0) is 23.9. The minimum Gasteiger partial charge on any atom is -0.322 e. The number of carbonyl (C=O) groups excluding carboxylic acids is 2. The molecule has 0 aliphatic heterocycles. The molecule has 0 aliphatic rings. The Morgan fingerprint density at radius 1 is 0.765 bits per heavy atom. The number of rotatable bonds is 8. The van der Waals surface area contributed by atoms with Crippen molar-refractivity contribution in [2.45, 2.75) is 4.90 Å². The van der Waals surface area contributed by atoms with E-state index in [0.717, 1.165) is 16.0 Å². The van der Waals surface area contributed by atoms with Crippen LogP contribution in [0.3, 0.4) is 0 Å². The molecule has 0 saturated carbocycles. The van der Waals surface area contributed by atoms with Gasteiger partial charge in [0.1, 0.15) is 0 Å². The Bertz CT molecular complexity index is 1320. The summed E-state index contributed by atoms with van der Waals surface area (Å²) in [5, 5.41) is 13.5. The van der Waals surface area contributed by atoms with E-state index in [0.29, 0.717) is 16.8 Å². The van der Waals surface area contributed by atoms with E-state index in [1.54, 1.807) is 18.2 Å². The number of Topliss-reactive ketones (excluding diaryl/α,β-unsaturated/α-hetero) is 1. The van der Waals surface area contributed by atoms with Gasteiger partial charge in [0.15, 0.2) is 5.78 Å². The summed E-state index contributed by atoms with van der Waals surface area (Å²) in [4.78, 5) is 36.2. The number of thioether (sulfide) groups is 1. The van der Waals surface area contributed by atoms with Crippen molar-refractivity contribution >= 4 is 34.8 Å². The van der Waals surface area contributed by atoms with E-state index in [2.05, 4.69) is 5.32 Å². The predicted molar refractivity (Wildman–Crippen MR) is 134 cm³/mol. The molecule has 7 heteroatoms. The first kappa shape index (κ1) is 22.9. The molecule has 0 radical (unpaired) electrons. The fourth-order valence-electron chi connectivity index (χ4n) is 3.31. The van der Waals surface area contributed by atoms with Gasteiger partial charge in [0.25, 0.3) is 11.6 Å². The Balaban J connectivity index is 1.35. The van der Waals surface area contributed by atoms with Crippen molar-refractivity contribution in [1.29, 1.82) is 0 Å². The first-order valence-electron chi connectivity index (χ1n) is 10.5.